The molecule has 2 rings (SSSR count). The number of ether oxygens (including phenoxy) is 1. The van der Waals surface area contributed by atoms with Gasteiger partial charge in [-0.2, -0.15) is 11.8 Å². The molecule has 1 aromatic carbocycles. The number of likely N-dealkylation sites (tertiary alicyclic amines) is 1. The number of hydrogen-bond acceptors (Lipinski definition) is 4. The maximum Gasteiger partial charge on any atom is 0.407 e. The predicted molar refractivity (Wildman–Crippen MR) is 102 cm³/mol. The van der Waals surface area contributed by atoms with Gasteiger partial charge in [0.1, 0.15) is 6.04 Å². The van der Waals surface area contributed by atoms with Gasteiger partial charge >= 0.3 is 6.09 Å². The summed E-state index contributed by atoms with van der Waals surface area (Å²) in [6.45, 7) is 3.53. The Morgan fingerprint density at radius 3 is 2.56 bits per heavy atom. The molecule has 0 unspecified atom stereocenters. The van der Waals surface area contributed by atoms with Crippen LogP contribution in [-0.2, 0) is 9.53 Å². The lowest BCUT2D eigenvalue weighted by Gasteiger charge is -2.34. The third-order valence-electron chi connectivity index (χ3n) is 4.55. The van der Waals surface area contributed by atoms with Crippen LogP contribution in [0.3, 0.4) is 0 Å². The van der Waals surface area contributed by atoms with Crippen molar-refractivity contribution < 1.29 is 14.3 Å². The highest BCUT2D eigenvalue weighted by molar-refractivity contribution is 7.98. The van der Waals surface area contributed by atoms with Gasteiger partial charge in [0.15, 0.2) is 0 Å². The van der Waals surface area contributed by atoms with Crippen LogP contribution in [0.5, 0.6) is 0 Å². The number of thioether (sulfide) groups is 1. The van der Waals surface area contributed by atoms with E-state index in [1.54, 1.807) is 18.7 Å². The van der Waals surface area contributed by atoms with Gasteiger partial charge in [0, 0.05) is 13.1 Å². The first kappa shape index (κ1) is 19.6. The van der Waals surface area contributed by atoms with Gasteiger partial charge in [-0.1, -0.05) is 30.3 Å². The lowest BCUT2D eigenvalue weighted by Crippen LogP contribution is -2.51. The molecule has 2 amide bonds. The molecule has 0 spiro atoms. The smallest absolute Gasteiger partial charge is 0.407 e. The minimum atomic E-state index is -0.513. The molecule has 1 fully saturated rings. The normalized spacial score (nSPS) is 16.3. The van der Waals surface area contributed by atoms with Crippen molar-refractivity contribution in [1.29, 1.82) is 0 Å². The molecule has 1 atom stereocenters. The summed E-state index contributed by atoms with van der Waals surface area (Å²) in [6, 6.07) is 9.97. The number of nitrogens with one attached hydrogen (secondary N) is 1. The van der Waals surface area contributed by atoms with Gasteiger partial charge < -0.3 is 15.0 Å². The number of amides is 2. The quantitative estimate of drug-likeness (QED) is 0.807. The second kappa shape index (κ2) is 10.3. The Hall–Kier alpha value is -1.69. The average molecular weight is 365 g/mol. The summed E-state index contributed by atoms with van der Waals surface area (Å²) in [5, 5.41) is 2.73. The van der Waals surface area contributed by atoms with Gasteiger partial charge in [0.2, 0.25) is 5.91 Å². The average Bonchev–Trinajstić information content (AvgIpc) is 2.65. The first-order valence-corrected chi connectivity index (χ1v) is 10.3. The van der Waals surface area contributed by atoms with Crippen LogP contribution in [0.2, 0.25) is 0 Å². The largest absolute Gasteiger partial charge is 0.450 e. The number of carbonyl (C=O) groups is 2. The van der Waals surface area contributed by atoms with Crippen molar-refractivity contribution in [3.05, 3.63) is 35.9 Å². The Labute approximate surface area is 154 Å². The van der Waals surface area contributed by atoms with E-state index in [0.717, 1.165) is 31.7 Å². The summed E-state index contributed by atoms with van der Waals surface area (Å²) in [6.07, 6.45) is 4.03. The predicted octanol–water partition coefficient (Wildman–Crippen LogP) is 3.26. The highest BCUT2D eigenvalue weighted by Gasteiger charge is 2.29. The van der Waals surface area contributed by atoms with E-state index in [1.807, 2.05) is 17.2 Å². The minimum Gasteiger partial charge on any atom is -0.450 e. The van der Waals surface area contributed by atoms with Crippen LogP contribution in [0.1, 0.15) is 37.7 Å². The van der Waals surface area contributed by atoms with Gasteiger partial charge in [-0.15, -0.1) is 0 Å². The fourth-order valence-corrected chi connectivity index (χ4v) is 3.66. The summed E-state index contributed by atoms with van der Waals surface area (Å²) in [5.74, 6) is 1.34. The van der Waals surface area contributed by atoms with Crippen molar-refractivity contribution in [2.45, 2.75) is 38.1 Å². The topological polar surface area (TPSA) is 58.6 Å². The number of benzene rings is 1. The van der Waals surface area contributed by atoms with Crippen LogP contribution < -0.4 is 5.32 Å². The molecule has 0 saturated carbocycles. The lowest BCUT2D eigenvalue weighted by atomic mass is 9.89. The molecule has 0 aliphatic carbocycles. The van der Waals surface area contributed by atoms with E-state index in [4.69, 9.17) is 4.74 Å². The fourth-order valence-electron chi connectivity index (χ4n) is 3.19. The molecule has 0 aromatic heterocycles. The van der Waals surface area contributed by atoms with Crippen molar-refractivity contribution in [2.75, 3.05) is 31.7 Å². The number of carbonyl (C=O) groups excluding carboxylic acids is 2. The number of hydrogen-bond donors (Lipinski definition) is 1. The van der Waals surface area contributed by atoms with Crippen molar-refractivity contribution in [1.82, 2.24) is 10.2 Å². The SMILES string of the molecule is CCOC(=O)N[C@@H](CCSC)C(=O)N1CCC(c2ccccc2)CC1. The molecule has 5 nitrogen and oxygen atoms in total. The standard InChI is InChI=1S/C19H28N2O3S/c1-3-24-19(23)20-17(11-14-25-2)18(22)21-12-9-16(10-13-21)15-7-5-4-6-8-15/h4-8,16-17H,3,9-14H2,1-2H3,(H,20,23)/t17-/m0/s1. The molecule has 1 aromatic rings. The molecule has 6 heteroatoms. The lowest BCUT2D eigenvalue weighted by molar-refractivity contribution is -0.134. The number of nitrogens with zero attached hydrogens (tertiary/aromatic N) is 1. The van der Waals surface area contributed by atoms with Crippen LogP contribution >= 0.6 is 11.8 Å². The highest BCUT2D eigenvalue weighted by atomic mass is 32.2. The third kappa shape index (κ3) is 5.96. The van der Waals surface area contributed by atoms with Crippen molar-refractivity contribution >= 4 is 23.8 Å². The number of rotatable bonds is 7. The molecule has 1 saturated heterocycles. The molecule has 25 heavy (non-hydrogen) atoms. The Kier molecular flexibility index (Phi) is 8.12. The molecule has 1 N–H and O–H groups in total. The van der Waals surface area contributed by atoms with E-state index in [9.17, 15) is 9.59 Å². The summed E-state index contributed by atoms with van der Waals surface area (Å²) in [7, 11) is 0. The summed E-state index contributed by atoms with van der Waals surface area (Å²) in [4.78, 5) is 26.4. The van der Waals surface area contributed by atoms with E-state index in [0.29, 0.717) is 18.9 Å². The van der Waals surface area contributed by atoms with Gasteiger partial charge in [0.05, 0.1) is 6.61 Å². The Bertz CT molecular complexity index is 545. The zero-order chi connectivity index (χ0) is 18.1. The molecular weight excluding hydrogens is 336 g/mol. The van der Waals surface area contributed by atoms with Crippen LogP contribution in [-0.4, -0.2) is 54.6 Å². The first-order valence-electron chi connectivity index (χ1n) is 8.91. The van der Waals surface area contributed by atoms with Gasteiger partial charge in [-0.05, 0) is 49.7 Å². The molecule has 1 heterocycles. The van der Waals surface area contributed by atoms with E-state index in [1.165, 1.54) is 5.56 Å². The number of alkyl carbamates (subject to hydrolysis) is 1. The van der Waals surface area contributed by atoms with E-state index >= 15 is 0 Å². The van der Waals surface area contributed by atoms with Crippen molar-refractivity contribution in [3.8, 4) is 0 Å². The second-order valence-corrected chi connectivity index (χ2v) is 7.19. The van der Waals surface area contributed by atoms with Gasteiger partial charge in [-0.25, -0.2) is 4.79 Å². The Morgan fingerprint density at radius 1 is 1.28 bits per heavy atom. The Morgan fingerprint density at radius 2 is 1.96 bits per heavy atom. The highest BCUT2D eigenvalue weighted by Crippen LogP contribution is 2.28. The second-order valence-electron chi connectivity index (χ2n) is 6.21. The zero-order valence-electron chi connectivity index (χ0n) is 15.1. The van der Waals surface area contributed by atoms with Crippen molar-refractivity contribution in [3.63, 3.8) is 0 Å². The van der Waals surface area contributed by atoms with Crippen LogP contribution in [0.25, 0.3) is 0 Å². The van der Waals surface area contributed by atoms with E-state index in [-0.39, 0.29) is 5.91 Å². The summed E-state index contributed by atoms with van der Waals surface area (Å²) in [5.41, 5.74) is 1.35. The fraction of sp³-hybridized carbons (Fsp3) is 0.579. The van der Waals surface area contributed by atoms with Crippen LogP contribution in [0.4, 0.5) is 4.79 Å². The molecule has 1 aliphatic heterocycles. The molecule has 0 bridgehead atoms. The zero-order valence-corrected chi connectivity index (χ0v) is 15.9. The summed E-state index contributed by atoms with van der Waals surface area (Å²) >= 11 is 1.67. The number of piperidine rings is 1. The molecule has 1 aliphatic rings. The molecule has 138 valence electrons. The third-order valence-corrected chi connectivity index (χ3v) is 5.20. The maximum absolute atomic E-state index is 12.8. The first-order chi connectivity index (χ1) is 12.2. The summed E-state index contributed by atoms with van der Waals surface area (Å²) < 4.78 is 4.94. The van der Waals surface area contributed by atoms with Crippen LogP contribution in [0, 0.1) is 0 Å². The minimum absolute atomic E-state index is 0.00798. The van der Waals surface area contributed by atoms with Gasteiger partial charge in [-0.3, -0.25) is 4.79 Å². The molecule has 0 radical (unpaired) electrons. The van der Waals surface area contributed by atoms with Crippen molar-refractivity contribution in [2.24, 2.45) is 0 Å². The van der Waals surface area contributed by atoms with Gasteiger partial charge in [0.25, 0.3) is 0 Å². The maximum atomic E-state index is 12.8. The van der Waals surface area contributed by atoms with E-state index < -0.39 is 12.1 Å². The van der Waals surface area contributed by atoms with E-state index in [2.05, 4.69) is 29.6 Å². The Balaban J connectivity index is 1.91. The molecular formula is C19H28N2O3S. The van der Waals surface area contributed by atoms with Crippen LogP contribution in [0.15, 0.2) is 30.3 Å². The monoisotopic (exact) mass is 364 g/mol.